The van der Waals surface area contributed by atoms with E-state index in [1.165, 1.54) is 6.08 Å². The SMILES string of the molecule is O=C1C=C(c2ccc(Cl)c(Cl)c2)C(=O)N1Nc1ccccc1. The molecule has 0 radical (unpaired) electrons. The summed E-state index contributed by atoms with van der Waals surface area (Å²) in [5, 5.41) is 1.68. The molecule has 0 bridgehead atoms. The lowest BCUT2D eigenvalue weighted by molar-refractivity contribution is -0.134. The number of nitrogens with one attached hydrogen (secondary N) is 1. The Morgan fingerprint density at radius 1 is 0.909 bits per heavy atom. The highest BCUT2D eigenvalue weighted by atomic mass is 35.5. The molecule has 0 aliphatic carbocycles. The van der Waals surface area contributed by atoms with Gasteiger partial charge in [-0.1, -0.05) is 47.5 Å². The zero-order valence-electron chi connectivity index (χ0n) is 11.2. The average molecular weight is 333 g/mol. The Kier molecular flexibility index (Phi) is 3.88. The summed E-state index contributed by atoms with van der Waals surface area (Å²) in [5.74, 6) is -0.873. The van der Waals surface area contributed by atoms with Crippen molar-refractivity contribution in [1.82, 2.24) is 5.01 Å². The Morgan fingerprint density at radius 2 is 1.64 bits per heavy atom. The van der Waals surface area contributed by atoms with Crippen LogP contribution in [0.5, 0.6) is 0 Å². The van der Waals surface area contributed by atoms with Gasteiger partial charge in [-0.15, -0.1) is 0 Å². The van der Waals surface area contributed by atoms with Gasteiger partial charge in [0.25, 0.3) is 11.8 Å². The molecule has 0 saturated carbocycles. The molecule has 0 unspecified atom stereocenters. The van der Waals surface area contributed by atoms with E-state index >= 15 is 0 Å². The zero-order chi connectivity index (χ0) is 15.7. The predicted octanol–water partition coefficient (Wildman–Crippen LogP) is 3.77. The van der Waals surface area contributed by atoms with Crippen LogP contribution < -0.4 is 5.43 Å². The largest absolute Gasteiger partial charge is 0.288 e. The number of rotatable bonds is 3. The summed E-state index contributed by atoms with van der Waals surface area (Å²) in [6, 6.07) is 13.8. The van der Waals surface area contributed by atoms with Crippen LogP contribution >= 0.6 is 23.2 Å². The van der Waals surface area contributed by atoms with Gasteiger partial charge in [-0.2, -0.15) is 5.01 Å². The third-order valence-electron chi connectivity index (χ3n) is 3.17. The first kappa shape index (κ1) is 14.6. The van der Waals surface area contributed by atoms with Gasteiger partial charge in [-0.25, -0.2) is 0 Å². The fourth-order valence-electron chi connectivity index (χ4n) is 2.09. The maximum atomic E-state index is 12.4. The van der Waals surface area contributed by atoms with Gasteiger partial charge in [0.2, 0.25) is 0 Å². The number of anilines is 1. The van der Waals surface area contributed by atoms with E-state index in [4.69, 9.17) is 23.2 Å². The Bertz CT molecular complexity index is 788. The van der Waals surface area contributed by atoms with Gasteiger partial charge in [-0.3, -0.25) is 15.0 Å². The minimum absolute atomic E-state index is 0.270. The second-order valence-electron chi connectivity index (χ2n) is 4.64. The number of hydrogen-bond donors (Lipinski definition) is 1. The van der Waals surface area contributed by atoms with Crippen molar-refractivity contribution in [2.45, 2.75) is 0 Å². The van der Waals surface area contributed by atoms with Crippen molar-refractivity contribution in [3.05, 3.63) is 70.2 Å². The van der Waals surface area contributed by atoms with E-state index in [0.717, 1.165) is 5.01 Å². The normalized spacial score (nSPS) is 14.3. The van der Waals surface area contributed by atoms with E-state index in [1.807, 2.05) is 6.07 Å². The van der Waals surface area contributed by atoms with E-state index in [9.17, 15) is 9.59 Å². The molecule has 1 heterocycles. The fraction of sp³-hybridized carbons (Fsp3) is 0. The molecule has 2 aromatic rings. The molecule has 6 heteroatoms. The average Bonchev–Trinajstić information content (AvgIpc) is 2.79. The Labute approximate surface area is 136 Å². The molecule has 22 heavy (non-hydrogen) atoms. The highest BCUT2D eigenvalue weighted by molar-refractivity contribution is 6.42. The molecular weight excluding hydrogens is 323 g/mol. The minimum atomic E-state index is -0.438. The van der Waals surface area contributed by atoms with Crippen LogP contribution in [0.1, 0.15) is 5.56 Å². The van der Waals surface area contributed by atoms with Crippen molar-refractivity contribution in [2.24, 2.45) is 0 Å². The number of carbonyl (C=O) groups is 2. The van der Waals surface area contributed by atoms with Crippen LogP contribution in [0.2, 0.25) is 10.0 Å². The van der Waals surface area contributed by atoms with Crippen LogP contribution in [0.15, 0.2) is 54.6 Å². The molecule has 4 nitrogen and oxygen atoms in total. The Morgan fingerprint density at radius 3 is 2.32 bits per heavy atom. The number of halogens is 2. The van der Waals surface area contributed by atoms with Crippen LogP contribution in [-0.2, 0) is 9.59 Å². The van der Waals surface area contributed by atoms with Gasteiger partial charge in [0.05, 0.1) is 21.3 Å². The van der Waals surface area contributed by atoms with E-state index in [1.54, 1.807) is 42.5 Å². The summed E-state index contributed by atoms with van der Waals surface area (Å²) in [6.07, 6.45) is 1.28. The third-order valence-corrected chi connectivity index (χ3v) is 3.91. The topological polar surface area (TPSA) is 49.4 Å². The molecular formula is C16H10Cl2N2O2. The molecule has 3 rings (SSSR count). The first-order chi connectivity index (χ1) is 10.6. The van der Waals surface area contributed by atoms with Crippen LogP contribution in [-0.4, -0.2) is 16.8 Å². The number of benzene rings is 2. The van der Waals surface area contributed by atoms with Gasteiger partial charge >= 0.3 is 0 Å². The number of imide groups is 1. The number of hydrogen-bond acceptors (Lipinski definition) is 3. The number of nitrogens with zero attached hydrogens (tertiary/aromatic N) is 1. The van der Waals surface area contributed by atoms with E-state index in [0.29, 0.717) is 21.3 Å². The molecule has 0 atom stereocenters. The molecule has 0 spiro atoms. The van der Waals surface area contributed by atoms with Gasteiger partial charge in [0.15, 0.2) is 0 Å². The zero-order valence-corrected chi connectivity index (χ0v) is 12.7. The van der Waals surface area contributed by atoms with Gasteiger partial charge in [0, 0.05) is 6.08 Å². The molecule has 0 fully saturated rings. The van der Waals surface area contributed by atoms with Crippen LogP contribution in [0.25, 0.3) is 5.57 Å². The quantitative estimate of drug-likeness (QED) is 0.870. The maximum absolute atomic E-state index is 12.4. The van der Waals surface area contributed by atoms with E-state index in [-0.39, 0.29) is 5.57 Å². The van der Waals surface area contributed by atoms with E-state index < -0.39 is 11.8 Å². The lowest BCUT2D eigenvalue weighted by Crippen LogP contribution is -2.36. The Hall–Kier alpha value is -2.30. The van der Waals surface area contributed by atoms with Gasteiger partial charge in [-0.05, 0) is 29.8 Å². The highest BCUT2D eigenvalue weighted by Gasteiger charge is 2.32. The summed E-state index contributed by atoms with van der Waals surface area (Å²) in [6.45, 7) is 0. The molecule has 1 aliphatic rings. The number of hydrazine groups is 1. The van der Waals surface area contributed by atoms with Crippen molar-refractivity contribution in [1.29, 1.82) is 0 Å². The first-order valence-electron chi connectivity index (χ1n) is 6.43. The first-order valence-corrected chi connectivity index (χ1v) is 7.19. The maximum Gasteiger partial charge on any atom is 0.280 e. The lowest BCUT2D eigenvalue weighted by atomic mass is 10.1. The Balaban J connectivity index is 1.87. The molecule has 110 valence electrons. The van der Waals surface area contributed by atoms with Crippen LogP contribution in [0.4, 0.5) is 5.69 Å². The number of amides is 2. The van der Waals surface area contributed by atoms with Gasteiger partial charge in [0.1, 0.15) is 0 Å². The van der Waals surface area contributed by atoms with E-state index in [2.05, 4.69) is 5.43 Å². The summed E-state index contributed by atoms with van der Waals surface area (Å²) >= 11 is 11.8. The minimum Gasteiger partial charge on any atom is -0.288 e. The second-order valence-corrected chi connectivity index (χ2v) is 5.46. The van der Waals surface area contributed by atoms with Crippen molar-refractivity contribution >= 4 is 46.3 Å². The van der Waals surface area contributed by atoms with Crippen molar-refractivity contribution in [3.63, 3.8) is 0 Å². The summed E-state index contributed by atoms with van der Waals surface area (Å²) in [7, 11) is 0. The monoisotopic (exact) mass is 332 g/mol. The van der Waals surface area contributed by atoms with Crippen LogP contribution in [0.3, 0.4) is 0 Å². The second kappa shape index (κ2) is 5.83. The van der Waals surface area contributed by atoms with Crippen LogP contribution in [0, 0.1) is 0 Å². The third kappa shape index (κ3) is 2.71. The number of para-hydroxylation sites is 1. The number of carbonyl (C=O) groups excluding carboxylic acids is 2. The van der Waals surface area contributed by atoms with Crippen molar-refractivity contribution in [2.75, 3.05) is 5.43 Å². The molecule has 2 aromatic carbocycles. The highest BCUT2D eigenvalue weighted by Crippen LogP contribution is 2.29. The molecule has 2 amide bonds. The predicted molar refractivity (Wildman–Crippen MR) is 86.4 cm³/mol. The standard InChI is InChI=1S/C16H10Cl2N2O2/c17-13-7-6-10(8-14(13)18)12-9-15(21)20(16(12)22)19-11-4-2-1-3-5-11/h1-9,19H. The molecule has 0 saturated heterocycles. The molecule has 0 aromatic heterocycles. The van der Waals surface area contributed by atoms with Crippen molar-refractivity contribution in [3.8, 4) is 0 Å². The molecule has 1 aliphatic heterocycles. The smallest absolute Gasteiger partial charge is 0.280 e. The lowest BCUT2D eigenvalue weighted by Gasteiger charge is -2.17. The fourth-order valence-corrected chi connectivity index (χ4v) is 2.39. The van der Waals surface area contributed by atoms with Crippen molar-refractivity contribution < 1.29 is 9.59 Å². The summed E-state index contributed by atoms with van der Waals surface area (Å²) < 4.78 is 0. The van der Waals surface area contributed by atoms with Gasteiger partial charge < -0.3 is 0 Å². The summed E-state index contributed by atoms with van der Waals surface area (Å²) in [5.41, 5.74) is 4.25. The molecule has 1 N–H and O–H groups in total. The summed E-state index contributed by atoms with van der Waals surface area (Å²) in [4.78, 5) is 24.4.